The molecule has 4 N–H and O–H groups in total. The summed E-state index contributed by atoms with van der Waals surface area (Å²) in [4.78, 5) is 4.60. The average molecular weight is 457 g/mol. The van der Waals surface area contributed by atoms with Crippen molar-refractivity contribution < 1.29 is 12.8 Å². The number of nitrogens with zero attached hydrogens (tertiary/aromatic N) is 2. The molecule has 0 fully saturated rings. The predicted molar refractivity (Wildman–Crippen MR) is 125 cm³/mol. The highest BCUT2D eigenvalue weighted by Crippen LogP contribution is 2.35. The summed E-state index contributed by atoms with van der Waals surface area (Å²) in [5.74, 6) is -0.253. The van der Waals surface area contributed by atoms with Crippen LogP contribution in [0.3, 0.4) is 0 Å². The van der Waals surface area contributed by atoms with Crippen molar-refractivity contribution in [3.05, 3.63) is 71.3 Å². The molecule has 0 spiro atoms. The first-order valence-corrected chi connectivity index (χ1v) is 12.2. The highest BCUT2D eigenvalue weighted by molar-refractivity contribution is 7.89. The maximum absolute atomic E-state index is 15.1. The van der Waals surface area contributed by atoms with Gasteiger partial charge in [0, 0.05) is 34.8 Å². The second kappa shape index (κ2) is 8.36. The predicted octanol–water partition coefficient (Wildman–Crippen LogP) is 2.92. The van der Waals surface area contributed by atoms with E-state index in [0.717, 1.165) is 23.0 Å². The molecule has 1 aliphatic heterocycles. The smallest absolute Gasteiger partial charge is 0.202 e. The van der Waals surface area contributed by atoms with Crippen LogP contribution in [0.4, 0.5) is 10.1 Å². The van der Waals surface area contributed by atoms with Gasteiger partial charge in [0.25, 0.3) is 0 Å². The zero-order valence-electron chi connectivity index (χ0n) is 18.0. The van der Waals surface area contributed by atoms with Gasteiger partial charge in [0.05, 0.1) is 11.3 Å². The van der Waals surface area contributed by atoms with Crippen LogP contribution in [0.5, 0.6) is 0 Å². The van der Waals surface area contributed by atoms with E-state index in [9.17, 15) is 8.42 Å². The summed E-state index contributed by atoms with van der Waals surface area (Å²) in [6.07, 6.45) is 3.25. The number of aliphatic imine (C=N–C) groups is 1. The van der Waals surface area contributed by atoms with E-state index in [1.165, 1.54) is 12.5 Å². The molecule has 10 heteroatoms. The minimum Gasteiger partial charge on any atom is -0.330 e. The first-order valence-electron chi connectivity index (χ1n) is 10.2. The van der Waals surface area contributed by atoms with Crippen molar-refractivity contribution in [1.29, 1.82) is 0 Å². The molecule has 0 bridgehead atoms. The summed E-state index contributed by atoms with van der Waals surface area (Å²) < 4.78 is 38.4. The van der Waals surface area contributed by atoms with E-state index in [2.05, 4.69) is 31.1 Å². The minimum atomic E-state index is -3.16. The molecule has 1 unspecified atom stereocenters. The Morgan fingerprint density at radius 1 is 1.19 bits per heavy atom. The highest BCUT2D eigenvalue weighted by atomic mass is 32.2. The summed E-state index contributed by atoms with van der Waals surface area (Å²) in [6.45, 7) is 2.04. The average Bonchev–Trinajstić information content (AvgIpc) is 3.16. The zero-order chi connectivity index (χ0) is 22.9. The second-order valence-electron chi connectivity index (χ2n) is 7.74. The number of anilines is 1. The fourth-order valence-electron chi connectivity index (χ4n) is 3.82. The first-order chi connectivity index (χ1) is 15.2. The van der Waals surface area contributed by atoms with Crippen LogP contribution in [0.2, 0.25) is 0 Å². The van der Waals surface area contributed by atoms with Gasteiger partial charge in [-0.05, 0) is 37.2 Å². The monoisotopic (exact) mass is 456 g/mol. The van der Waals surface area contributed by atoms with Crippen LogP contribution in [0.25, 0.3) is 10.9 Å². The topological polar surface area (TPSA) is 111 Å². The van der Waals surface area contributed by atoms with E-state index in [1.807, 2.05) is 25.1 Å². The molecule has 3 aromatic rings. The minimum absolute atomic E-state index is 0.0686. The van der Waals surface area contributed by atoms with Gasteiger partial charge in [-0.15, -0.1) is 0 Å². The lowest BCUT2D eigenvalue weighted by Gasteiger charge is -2.32. The van der Waals surface area contributed by atoms with Gasteiger partial charge >= 0.3 is 0 Å². The number of rotatable bonds is 6. The number of halogens is 1. The number of hydrogen-bond acceptors (Lipinski definition) is 7. The normalized spacial score (nSPS) is 18.8. The molecule has 4 rings (SSSR count). The van der Waals surface area contributed by atoms with E-state index in [4.69, 9.17) is 0 Å². The third kappa shape index (κ3) is 4.23. The standard InChI is InChI=1S/C22H25FN6O2S/c1-4-18-17-9-8-15(11-19(17)29-28-18)22(24-2)20(23)12-25-21(27-22)26-16-7-5-6-14(10-16)13-32(3,30)31/h5-12,24H,4,13H2,1-3H3,(H,28,29)(H2,25,26,27). The SMILES string of the molecule is CCc1[nH]nc2cc(C3(NC)N=C(Nc4cccc(CS(C)(=O)=O)c4)NC=C3F)ccc12. The molecular formula is C22H25FN6O2S. The number of aryl methyl sites for hydroxylation is 1. The number of nitrogens with one attached hydrogen (secondary N) is 4. The molecule has 8 nitrogen and oxygen atoms in total. The van der Waals surface area contributed by atoms with Gasteiger partial charge in [0.15, 0.2) is 21.3 Å². The number of sulfone groups is 1. The van der Waals surface area contributed by atoms with Crippen molar-refractivity contribution in [2.24, 2.45) is 4.99 Å². The van der Waals surface area contributed by atoms with Crippen LogP contribution in [-0.4, -0.2) is 37.9 Å². The van der Waals surface area contributed by atoms with Crippen LogP contribution in [0.1, 0.15) is 23.7 Å². The molecule has 32 heavy (non-hydrogen) atoms. The Labute approximate surface area is 185 Å². The van der Waals surface area contributed by atoms with E-state index in [0.29, 0.717) is 22.8 Å². The molecule has 168 valence electrons. The fraction of sp³-hybridized carbons (Fsp3) is 0.273. The molecule has 0 amide bonds. The van der Waals surface area contributed by atoms with E-state index in [-0.39, 0.29) is 5.75 Å². The van der Waals surface area contributed by atoms with Crippen molar-refractivity contribution in [3.8, 4) is 0 Å². The number of fused-ring (bicyclic) bond motifs is 1. The Morgan fingerprint density at radius 3 is 2.72 bits per heavy atom. The van der Waals surface area contributed by atoms with Gasteiger partial charge in [-0.2, -0.15) is 5.10 Å². The number of benzene rings is 2. The summed E-state index contributed by atoms with van der Waals surface area (Å²) in [5.41, 5.74) is 2.20. The molecule has 2 heterocycles. The number of aromatic amines is 1. The van der Waals surface area contributed by atoms with Gasteiger partial charge in [-0.25, -0.2) is 17.8 Å². The summed E-state index contributed by atoms with van der Waals surface area (Å²) in [5, 5.41) is 17.3. The van der Waals surface area contributed by atoms with Crippen molar-refractivity contribution in [2.45, 2.75) is 24.8 Å². The maximum Gasteiger partial charge on any atom is 0.202 e. The summed E-state index contributed by atoms with van der Waals surface area (Å²) in [7, 11) is -1.52. The van der Waals surface area contributed by atoms with Crippen molar-refractivity contribution in [3.63, 3.8) is 0 Å². The molecule has 0 saturated heterocycles. The van der Waals surface area contributed by atoms with Crippen LogP contribution < -0.4 is 16.0 Å². The molecule has 1 aromatic heterocycles. The van der Waals surface area contributed by atoms with Crippen molar-refractivity contribution in [1.82, 2.24) is 20.8 Å². The Bertz CT molecular complexity index is 1330. The Morgan fingerprint density at radius 2 is 2.00 bits per heavy atom. The Hall–Kier alpha value is -3.24. The molecule has 2 aromatic carbocycles. The van der Waals surface area contributed by atoms with Gasteiger partial charge in [-0.1, -0.05) is 31.2 Å². The number of aromatic nitrogens is 2. The van der Waals surface area contributed by atoms with Gasteiger partial charge in [0.2, 0.25) is 5.96 Å². The third-order valence-electron chi connectivity index (χ3n) is 5.35. The molecular weight excluding hydrogens is 431 g/mol. The van der Waals surface area contributed by atoms with Gasteiger partial charge in [-0.3, -0.25) is 10.4 Å². The summed E-state index contributed by atoms with van der Waals surface area (Å²) >= 11 is 0. The van der Waals surface area contributed by atoms with E-state index >= 15 is 4.39 Å². The fourth-order valence-corrected chi connectivity index (χ4v) is 4.60. The lowest BCUT2D eigenvalue weighted by Crippen LogP contribution is -2.46. The number of H-pyrrole nitrogens is 1. The molecule has 1 aliphatic rings. The number of guanidine groups is 1. The Kier molecular flexibility index (Phi) is 5.74. The van der Waals surface area contributed by atoms with E-state index in [1.54, 1.807) is 31.3 Å². The van der Waals surface area contributed by atoms with Gasteiger partial charge < -0.3 is 10.6 Å². The molecule has 1 atom stereocenters. The van der Waals surface area contributed by atoms with Gasteiger partial charge in [0.1, 0.15) is 0 Å². The maximum atomic E-state index is 15.1. The Balaban J connectivity index is 1.69. The second-order valence-corrected chi connectivity index (χ2v) is 9.88. The quantitative estimate of drug-likeness (QED) is 0.454. The lowest BCUT2D eigenvalue weighted by molar-refractivity contribution is 0.351. The largest absolute Gasteiger partial charge is 0.330 e. The number of likely N-dealkylation sites (N-methyl/N-ethyl adjacent to an activating group) is 1. The third-order valence-corrected chi connectivity index (χ3v) is 6.20. The highest BCUT2D eigenvalue weighted by Gasteiger charge is 2.39. The van der Waals surface area contributed by atoms with Crippen LogP contribution in [0, 0.1) is 0 Å². The zero-order valence-corrected chi connectivity index (χ0v) is 18.8. The first kappa shape index (κ1) is 22.0. The van der Waals surface area contributed by atoms with Crippen LogP contribution >= 0.6 is 0 Å². The van der Waals surface area contributed by atoms with Crippen LogP contribution in [-0.2, 0) is 27.7 Å². The van der Waals surface area contributed by atoms with Crippen molar-refractivity contribution in [2.75, 3.05) is 18.6 Å². The lowest BCUT2D eigenvalue weighted by atomic mass is 9.96. The number of hydrogen-bond donors (Lipinski definition) is 4. The summed E-state index contributed by atoms with van der Waals surface area (Å²) in [6, 6.07) is 12.6. The molecule has 0 aliphatic carbocycles. The molecule has 0 radical (unpaired) electrons. The molecule has 0 saturated carbocycles. The van der Waals surface area contributed by atoms with E-state index < -0.39 is 21.3 Å². The van der Waals surface area contributed by atoms with Crippen molar-refractivity contribution >= 4 is 32.4 Å². The van der Waals surface area contributed by atoms with Crippen LogP contribution in [0.15, 0.2) is 59.5 Å².